The van der Waals surface area contributed by atoms with Crippen molar-refractivity contribution in [2.45, 2.75) is 19.9 Å². The second kappa shape index (κ2) is 8.54. The quantitative estimate of drug-likeness (QED) is 0.651. The molecule has 0 unspecified atom stereocenters. The second-order valence-electron chi connectivity index (χ2n) is 5.05. The lowest BCUT2D eigenvalue weighted by atomic mass is 10.2. The number of thiophene rings is 1. The van der Waals surface area contributed by atoms with E-state index in [-0.39, 0.29) is 5.82 Å². The molecule has 5 heteroatoms. The van der Waals surface area contributed by atoms with E-state index in [9.17, 15) is 4.39 Å². The van der Waals surface area contributed by atoms with Crippen LogP contribution in [0.4, 0.5) is 4.39 Å². The zero-order valence-corrected chi connectivity index (χ0v) is 13.9. The van der Waals surface area contributed by atoms with Crippen LogP contribution in [-0.2, 0) is 13.0 Å². The number of hydrogen-bond acceptors (Lipinski definition) is 2. The largest absolute Gasteiger partial charge is 0.357 e. The minimum atomic E-state index is -0.206. The van der Waals surface area contributed by atoms with Gasteiger partial charge in [0.2, 0.25) is 0 Å². The Morgan fingerprint density at radius 1 is 1.27 bits per heavy atom. The summed E-state index contributed by atoms with van der Waals surface area (Å²) in [5.41, 5.74) is 1.06. The van der Waals surface area contributed by atoms with Crippen molar-refractivity contribution in [3.63, 3.8) is 0 Å². The van der Waals surface area contributed by atoms with E-state index in [0.29, 0.717) is 6.54 Å². The van der Waals surface area contributed by atoms with Crippen molar-refractivity contribution in [1.82, 2.24) is 10.2 Å². The average molecular weight is 319 g/mol. The molecular weight excluding hydrogens is 297 g/mol. The standard InChI is InChI=1S/C17H22FN3S/c1-3-19-17(20-11-10-16-5-4-12-22-16)21(2)13-14-6-8-15(18)9-7-14/h4-9,12H,3,10-11,13H2,1-2H3,(H,19,20). The lowest BCUT2D eigenvalue weighted by Gasteiger charge is -2.22. The summed E-state index contributed by atoms with van der Waals surface area (Å²) >= 11 is 1.76. The highest BCUT2D eigenvalue weighted by molar-refractivity contribution is 7.09. The number of aliphatic imine (C=N–C) groups is 1. The van der Waals surface area contributed by atoms with Crippen LogP contribution in [0.3, 0.4) is 0 Å². The summed E-state index contributed by atoms with van der Waals surface area (Å²) in [5.74, 6) is 0.673. The van der Waals surface area contributed by atoms with Gasteiger partial charge in [-0.3, -0.25) is 4.99 Å². The zero-order valence-electron chi connectivity index (χ0n) is 13.1. The Morgan fingerprint density at radius 2 is 2.05 bits per heavy atom. The van der Waals surface area contributed by atoms with Crippen molar-refractivity contribution in [1.29, 1.82) is 0 Å². The second-order valence-corrected chi connectivity index (χ2v) is 6.08. The minimum absolute atomic E-state index is 0.206. The molecule has 0 aliphatic heterocycles. The van der Waals surface area contributed by atoms with Gasteiger partial charge in [0.25, 0.3) is 0 Å². The smallest absolute Gasteiger partial charge is 0.193 e. The van der Waals surface area contributed by atoms with Gasteiger partial charge in [0, 0.05) is 38.0 Å². The Bertz CT molecular complexity index is 578. The highest BCUT2D eigenvalue weighted by Crippen LogP contribution is 2.09. The molecule has 0 saturated carbocycles. The molecule has 1 N–H and O–H groups in total. The van der Waals surface area contributed by atoms with Crippen LogP contribution < -0.4 is 5.32 Å². The van der Waals surface area contributed by atoms with Crippen LogP contribution in [0.5, 0.6) is 0 Å². The van der Waals surface area contributed by atoms with E-state index in [0.717, 1.165) is 31.0 Å². The lowest BCUT2D eigenvalue weighted by Crippen LogP contribution is -2.38. The van der Waals surface area contributed by atoms with Crippen LogP contribution in [0.25, 0.3) is 0 Å². The SMILES string of the molecule is CCNC(=NCCc1cccs1)N(C)Cc1ccc(F)cc1. The summed E-state index contributed by atoms with van der Waals surface area (Å²) in [6.07, 6.45) is 0.955. The van der Waals surface area contributed by atoms with Gasteiger partial charge in [-0.1, -0.05) is 18.2 Å². The molecule has 0 atom stereocenters. The number of benzene rings is 1. The maximum absolute atomic E-state index is 13.0. The summed E-state index contributed by atoms with van der Waals surface area (Å²) in [6.45, 7) is 4.34. The van der Waals surface area contributed by atoms with E-state index < -0.39 is 0 Å². The molecule has 0 aliphatic carbocycles. The van der Waals surface area contributed by atoms with Crippen LogP contribution in [0.2, 0.25) is 0 Å². The molecule has 2 aromatic rings. The Hall–Kier alpha value is -1.88. The number of nitrogens with zero attached hydrogens (tertiary/aromatic N) is 2. The Kier molecular flexibility index (Phi) is 6.40. The molecule has 118 valence electrons. The first-order valence-electron chi connectivity index (χ1n) is 7.45. The first-order valence-corrected chi connectivity index (χ1v) is 8.33. The van der Waals surface area contributed by atoms with Crippen molar-refractivity contribution < 1.29 is 4.39 Å². The van der Waals surface area contributed by atoms with Gasteiger partial charge >= 0.3 is 0 Å². The molecule has 0 saturated heterocycles. The van der Waals surface area contributed by atoms with Gasteiger partial charge in [-0.15, -0.1) is 11.3 Å². The molecule has 3 nitrogen and oxygen atoms in total. The molecule has 0 spiro atoms. The molecule has 22 heavy (non-hydrogen) atoms. The van der Waals surface area contributed by atoms with Crippen molar-refractivity contribution in [3.8, 4) is 0 Å². The van der Waals surface area contributed by atoms with Gasteiger partial charge in [0.1, 0.15) is 5.82 Å². The maximum Gasteiger partial charge on any atom is 0.193 e. The van der Waals surface area contributed by atoms with Gasteiger partial charge < -0.3 is 10.2 Å². The molecular formula is C17H22FN3S. The molecule has 0 bridgehead atoms. The third-order valence-corrected chi connectivity index (χ3v) is 4.17. The van der Waals surface area contributed by atoms with Crippen molar-refractivity contribution in [2.24, 2.45) is 4.99 Å². The lowest BCUT2D eigenvalue weighted by molar-refractivity contribution is 0.476. The molecule has 1 aromatic heterocycles. The fraction of sp³-hybridized carbons (Fsp3) is 0.353. The third kappa shape index (κ3) is 5.15. The minimum Gasteiger partial charge on any atom is -0.357 e. The summed E-state index contributed by atoms with van der Waals surface area (Å²) in [6, 6.07) is 10.8. The average Bonchev–Trinajstić information content (AvgIpc) is 3.02. The van der Waals surface area contributed by atoms with E-state index in [1.807, 2.05) is 7.05 Å². The topological polar surface area (TPSA) is 27.6 Å². The third-order valence-electron chi connectivity index (χ3n) is 3.23. The van der Waals surface area contributed by atoms with Crippen molar-refractivity contribution in [3.05, 3.63) is 58.0 Å². The summed E-state index contributed by atoms with van der Waals surface area (Å²) < 4.78 is 13.0. The highest BCUT2D eigenvalue weighted by Gasteiger charge is 2.06. The predicted octanol–water partition coefficient (Wildman–Crippen LogP) is 3.53. The number of halogens is 1. The van der Waals surface area contributed by atoms with Gasteiger partial charge in [0.15, 0.2) is 5.96 Å². The van der Waals surface area contributed by atoms with Crippen molar-refractivity contribution >= 4 is 17.3 Å². The summed E-state index contributed by atoms with van der Waals surface area (Å²) in [4.78, 5) is 8.07. The first kappa shape index (κ1) is 16.5. The van der Waals surface area contributed by atoms with E-state index in [2.05, 4.69) is 39.6 Å². The van der Waals surface area contributed by atoms with Crippen LogP contribution in [-0.4, -0.2) is 31.0 Å². The number of hydrogen-bond donors (Lipinski definition) is 1. The van der Waals surface area contributed by atoms with Crippen LogP contribution >= 0.6 is 11.3 Å². The normalized spacial score (nSPS) is 11.5. The number of rotatable bonds is 6. The fourth-order valence-corrected chi connectivity index (χ4v) is 2.83. The molecule has 2 rings (SSSR count). The van der Waals surface area contributed by atoms with E-state index in [1.54, 1.807) is 23.5 Å². The van der Waals surface area contributed by atoms with E-state index >= 15 is 0 Å². The molecule has 1 aromatic carbocycles. The molecule has 1 heterocycles. The molecule has 0 radical (unpaired) electrons. The first-order chi connectivity index (χ1) is 10.7. The molecule has 0 amide bonds. The highest BCUT2D eigenvalue weighted by atomic mass is 32.1. The summed E-state index contributed by atoms with van der Waals surface area (Å²) in [5, 5.41) is 5.39. The van der Waals surface area contributed by atoms with E-state index in [4.69, 9.17) is 0 Å². The van der Waals surface area contributed by atoms with Gasteiger partial charge in [-0.25, -0.2) is 4.39 Å². The Labute approximate surface area is 135 Å². The zero-order chi connectivity index (χ0) is 15.8. The van der Waals surface area contributed by atoms with Crippen LogP contribution in [0.1, 0.15) is 17.4 Å². The Balaban J connectivity index is 1.94. The summed E-state index contributed by atoms with van der Waals surface area (Å²) in [7, 11) is 2.00. The van der Waals surface area contributed by atoms with Gasteiger partial charge in [-0.05, 0) is 36.1 Å². The molecule has 0 aliphatic rings. The predicted molar refractivity (Wildman–Crippen MR) is 91.9 cm³/mol. The monoisotopic (exact) mass is 319 g/mol. The van der Waals surface area contributed by atoms with Crippen LogP contribution in [0, 0.1) is 5.82 Å². The van der Waals surface area contributed by atoms with Gasteiger partial charge in [-0.2, -0.15) is 0 Å². The Morgan fingerprint density at radius 3 is 2.68 bits per heavy atom. The number of nitrogens with one attached hydrogen (secondary N) is 1. The fourth-order valence-electron chi connectivity index (χ4n) is 2.14. The maximum atomic E-state index is 13.0. The van der Waals surface area contributed by atoms with Crippen molar-refractivity contribution in [2.75, 3.05) is 20.1 Å². The van der Waals surface area contributed by atoms with Crippen LogP contribution in [0.15, 0.2) is 46.8 Å². The van der Waals surface area contributed by atoms with Gasteiger partial charge in [0.05, 0.1) is 0 Å². The van der Waals surface area contributed by atoms with E-state index in [1.165, 1.54) is 17.0 Å². The number of guanidine groups is 1. The molecule has 0 fully saturated rings.